The number of amides is 1. The number of fused-ring (bicyclic) bond motifs is 1. The number of halogens is 6. The van der Waals surface area contributed by atoms with Crippen molar-refractivity contribution in [2.24, 2.45) is 0 Å². The fourth-order valence-electron chi connectivity index (χ4n) is 4.02. The van der Waals surface area contributed by atoms with Gasteiger partial charge in [0, 0.05) is 25.8 Å². The third kappa shape index (κ3) is 4.73. The molecule has 34 heavy (non-hydrogen) atoms. The van der Waals surface area contributed by atoms with Crippen LogP contribution in [0.2, 0.25) is 0 Å². The van der Waals surface area contributed by atoms with Crippen molar-refractivity contribution >= 4 is 11.6 Å². The molecule has 0 spiro atoms. The maximum Gasteiger partial charge on any atom is 0.434 e. The summed E-state index contributed by atoms with van der Waals surface area (Å²) in [5.41, 5.74) is -0.921. The highest BCUT2D eigenvalue weighted by molar-refractivity contribution is 5.95. The van der Waals surface area contributed by atoms with Gasteiger partial charge in [0.2, 0.25) is 0 Å². The van der Waals surface area contributed by atoms with Crippen LogP contribution in [0.5, 0.6) is 0 Å². The molecule has 0 fully saturated rings. The van der Waals surface area contributed by atoms with E-state index in [1.165, 1.54) is 0 Å². The van der Waals surface area contributed by atoms with Gasteiger partial charge in [0.1, 0.15) is 0 Å². The Bertz CT molecular complexity index is 1210. The van der Waals surface area contributed by atoms with Gasteiger partial charge in [-0.25, -0.2) is 4.68 Å². The van der Waals surface area contributed by atoms with Crippen LogP contribution in [0.3, 0.4) is 0 Å². The molecule has 4 rings (SSSR count). The first-order valence-electron chi connectivity index (χ1n) is 10.4. The molecule has 11 heteroatoms. The Labute approximate surface area is 191 Å². The molecule has 0 saturated heterocycles. The Balaban J connectivity index is 1.60. The van der Waals surface area contributed by atoms with E-state index in [2.05, 4.69) is 15.3 Å². The largest absolute Gasteiger partial charge is 0.434 e. The van der Waals surface area contributed by atoms with Crippen molar-refractivity contribution in [1.29, 1.82) is 0 Å². The minimum absolute atomic E-state index is 0.0120. The number of aromatic nitrogens is 2. The molecule has 2 heterocycles. The number of alkyl halides is 6. The molecule has 1 aliphatic heterocycles. The predicted octanol–water partition coefficient (Wildman–Crippen LogP) is 5.22. The van der Waals surface area contributed by atoms with E-state index in [0.717, 1.165) is 54.4 Å². The van der Waals surface area contributed by atoms with E-state index in [9.17, 15) is 31.1 Å². The van der Waals surface area contributed by atoms with Crippen molar-refractivity contribution in [3.63, 3.8) is 0 Å². The Morgan fingerprint density at radius 2 is 1.82 bits per heavy atom. The average molecular weight is 482 g/mol. The van der Waals surface area contributed by atoms with E-state index >= 15 is 0 Å². The lowest BCUT2D eigenvalue weighted by Gasteiger charge is -2.27. The molecule has 1 aromatic heterocycles. The maximum atomic E-state index is 13.8. The number of carbonyl (C=O) groups excluding carboxylic acids is 1. The number of hydrogen-bond acceptors (Lipinski definition) is 3. The molecule has 3 aromatic rings. The topological polar surface area (TPSA) is 50.2 Å². The first kappa shape index (κ1) is 23.7. The first-order valence-corrected chi connectivity index (χ1v) is 10.4. The Morgan fingerprint density at radius 3 is 2.53 bits per heavy atom. The summed E-state index contributed by atoms with van der Waals surface area (Å²) in [5, 5.41) is 6.04. The highest BCUT2D eigenvalue weighted by atomic mass is 19.4. The zero-order chi connectivity index (χ0) is 24.7. The molecule has 2 aromatic carbocycles. The molecule has 1 amide bonds. The average Bonchev–Trinajstić information content (AvgIpc) is 3.23. The van der Waals surface area contributed by atoms with Crippen molar-refractivity contribution in [3.8, 4) is 5.69 Å². The lowest BCUT2D eigenvalue weighted by atomic mass is 9.99. The molecule has 0 radical (unpaired) electrons. The molecule has 180 valence electrons. The quantitative estimate of drug-likeness (QED) is 0.519. The second-order valence-corrected chi connectivity index (χ2v) is 8.04. The fraction of sp³-hybridized carbons (Fsp3) is 0.304. The van der Waals surface area contributed by atoms with Crippen LogP contribution in [0.4, 0.5) is 32.0 Å². The summed E-state index contributed by atoms with van der Waals surface area (Å²) >= 11 is 0. The molecule has 0 atom stereocenters. The Morgan fingerprint density at radius 1 is 1.06 bits per heavy atom. The zero-order valence-corrected chi connectivity index (χ0v) is 18.0. The van der Waals surface area contributed by atoms with Crippen molar-refractivity contribution in [2.45, 2.75) is 31.7 Å². The van der Waals surface area contributed by atoms with Gasteiger partial charge in [0.05, 0.1) is 23.0 Å². The number of carbonyl (C=O) groups is 1. The predicted molar refractivity (Wildman–Crippen MR) is 113 cm³/mol. The number of anilines is 1. The van der Waals surface area contributed by atoms with Crippen LogP contribution in [0, 0.1) is 0 Å². The summed E-state index contributed by atoms with van der Waals surface area (Å²) in [4.78, 5) is 14.8. The monoisotopic (exact) mass is 482 g/mol. The van der Waals surface area contributed by atoms with Gasteiger partial charge in [-0.15, -0.1) is 0 Å². The molecular weight excluding hydrogens is 462 g/mol. The van der Waals surface area contributed by atoms with Crippen LogP contribution >= 0.6 is 0 Å². The van der Waals surface area contributed by atoms with Gasteiger partial charge in [-0.2, -0.15) is 31.4 Å². The van der Waals surface area contributed by atoms with Crippen LogP contribution in [-0.2, 0) is 25.3 Å². The number of rotatable bonds is 4. The minimum atomic E-state index is -5.03. The van der Waals surface area contributed by atoms with Gasteiger partial charge in [-0.05, 0) is 48.2 Å². The van der Waals surface area contributed by atoms with Crippen LogP contribution in [0.1, 0.15) is 39.2 Å². The normalized spacial score (nSPS) is 14.1. The van der Waals surface area contributed by atoms with E-state index in [-0.39, 0.29) is 6.54 Å². The second kappa shape index (κ2) is 8.69. The molecule has 5 nitrogen and oxygen atoms in total. The lowest BCUT2D eigenvalue weighted by molar-refractivity contribution is -0.143. The Kier molecular flexibility index (Phi) is 6.05. The fourth-order valence-corrected chi connectivity index (χ4v) is 4.02. The highest BCUT2D eigenvalue weighted by Gasteiger charge is 2.41. The summed E-state index contributed by atoms with van der Waals surface area (Å²) in [6.07, 6.45) is -7.23. The molecule has 0 unspecified atom stereocenters. The summed E-state index contributed by atoms with van der Waals surface area (Å²) in [5.74, 6) is -1.03. The molecule has 1 aliphatic rings. The summed E-state index contributed by atoms with van der Waals surface area (Å²) < 4.78 is 80.9. The third-order valence-electron chi connectivity index (χ3n) is 5.65. The molecule has 0 aliphatic carbocycles. The van der Waals surface area contributed by atoms with Crippen LogP contribution < -0.4 is 10.2 Å². The minimum Gasteiger partial charge on any atom is -0.374 e. The van der Waals surface area contributed by atoms with E-state index in [1.807, 2.05) is 19.2 Å². The van der Waals surface area contributed by atoms with Gasteiger partial charge in [-0.3, -0.25) is 4.79 Å². The summed E-state index contributed by atoms with van der Waals surface area (Å²) in [6.45, 7) is 0.918. The van der Waals surface area contributed by atoms with Gasteiger partial charge >= 0.3 is 12.4 Å². The van der Waals surface area contributed by atoms with Crippen LogP contribution in [-0.4, -0.2) is 29.3 Å². The summed E-state index contributed by atoms with van der Waals surface area (Å²) in [7, 11) is 1.97. The van der Waals surface area contributed by atoms with E-state index in [0.29, 0.717) is 16.9 Å². The zero-order valence-electron chi connectivity index (χ0n) is 18.0. The number of nitrogens with one attached hydrogen (secondary N) is 1. The number of aryl methyl sites for hydroxylation is 1. The van der Waals surface area contributed by atoms with Crippen molar-refractivity contribution in [1.82, 2.24) is 15.1 Å². The van der Waals surface area contributed by atoms with E-state index in [4.69, 9.17) is 0 Å². The Hall–Kier alpha value is -3.50. The first-order chi connectivity index (χ1) is 15.9. The number of benzene rings is 2. The molecule has 0 saturated carbocycles. The van der Waals surface area contributed by atoms with Gasteiger partial charge in [0.15, 0.2) is 5.69 Å². The van der Waals surface area contributed by atoms with Crippen molar-refractivity contribution in [3.05, 3.63) is 76.6 Å². The van der Waals surface area contributed by atoms with Gasteiger partial charge < -0.3 is 10.2 Å². The highest BCUT2D eigenvalue weighted by Crippen LogP contribution is 2.35. The van der Waals surface area contributed by atoms with Gasteiger partial charge in [0.25, 0.3) is 5.91 Å². The van der Waals surface area contributed by atoms with E-state index in [1.54, 1.807) is 6.07 Å². The molecular formula is C23H20F6N4O. The SMILES string of the molecule is CN1CCCc2cc(CNC(=O)c3cnn(-c4cccc(C(F)(F)F)c4)c3C(F)(F)F)ccc21. The number of hydrogen-bond donors (Lipinski definition) is 1. The number of nitrogens with zero attached hydrogens (tertiary/aromatic N) is 3. The molecule has 1 N–H and O–H groups in total. The molecule has 0 bridgehead atoms. The van der Waals surface area contributed by atoms with Crippen LogP contribution in [0.25, 0.3) is 5.69 Å². The maximum absolute atomic E-state index is 13.8. The standard InChI is InChI=1S/C23H20F6N4O/c1-32-9-3-4-15-10-14(7-8-19(15)32)12-30-21(34)18-13-31-33(20(18)23(27,28)29)17-6-2-5-16(11-17)22(24,25)26/h2,5-8,10-11,13H,3-4,9,12H2,1H3,(H,30,34). The van der Waals surface area contributed by atoms with Crippen LogP contribution in [0.15, 0.2) is 48.7 Å². The van der Waals surface area contributed by atoms with Crippen molar-refractivity contribution in [2.75, 3.05) is 18.5 Å². The van der Waals surface area contributed by atoms with Gasteiger partial charge in [-0.1, -0.05) is 18.2 Å². The summed E-state index contributed by atoms with van der Waals surface area (Å²) in [6, 6.07) is 8.93. The van der Waals surface area contributed by atoms with E-state index < -0.39 is 40.8 Å². The third-order valence-corrected chi connectivity index (χ3v) is 5.65. The lowest BCUT2D eigenvalue weighted by Crippen LogP contribution is -2.27. The second-order valence-electron chi connectivity index (χ2n) is 8.04. The van der Waals surface area contributed by atoms with Crippen molar-refractivity contribution < 1.29 is 31.1 Å². The smallest absolute Gasteiger partial charge is 0.374 e.